The number of nitrogens with one attached hydrogen (secondary N) is 2. The molecule has 0 aliphatic carbocycles. The van der Waals surface area contributed by atoms with Crippen LogP contribution in [0.15, 0.2) is 53.3 Å². The van der Waals surface area contributed by atoms with Gasteiger partial charge in [0.1, 0.15) is 17.7 Å². The molecule has 1 aliphatic heterocycles. The largest absolute Gasteiger partial charge is 0.388 e. The summed E-state index contributed by atoms with van der Waals surface area (Å²) in [4.78, 5) is 40.1. The van der Waals surface area contributed by atoms with Crippen molar-refractivity contribution >= 4 is 11.8 Å². The number of amides is 2. The first kappa shape index (κ1) is 28.1. The van der Waals surface area contributed by atoms with Crippen LogP contribution < -0.4 is 10.9 Å². The average Bonchev–Trinajstić information content (AvgIpc) is 3.33. The number of carbonyl (C=O) groups excluding carboxylic acids is 2. The summed E-state index contributed by atoms with van der Waals surface area (Å²) in [7, 11) is 0. The highest BCUT2D eigenvalue weighted by Gasteiger charge is 2.45. The molecule has 1 fully saturated rings. The maximum absolute atomic E-state index is 14.9. The molecule has 3 atom stereocenters. The first-order valence-corrected chi connectivity index (χ1v) is 12.8. The molecule has 0 spiro atoms. The van der Waals surface area contributed by atoms with Crippen molar-refractivity contribution in [1.82, 2.24) is 20.4 Å². The third-order valence-corrected chi connectivity index (χ3v) is 7.11. The number of rotatable bonds is 7. The summed E-state index contributed by atoms with van der Waals surface area (Å²) in [6, 6.07) is 9.46. The number of H-pyrrole nitrogens is 1. The SMILES string of the molecule is Cc1cc(Cc2ccc(C(=O)N[C@H](C)C(=O)N3C(C(C)(C)O)CC[C@H]3c3cccc(F)c3)cc2F)c(=O)[nH]n1. The van der Waals surface area contributed by atoms with E-state index in [-0.39, 0.29) is 17.5 Å². The van der Waals surface area contributed by atoms with Gasteiger partial charge in [-0.2, -0.15) is 5.10 Å². The molecule has 39 heavy (non-hydrogen) atoms. The van der Waals surface area contributed by atoms with Gasteiger partial charge in [-0.05, 0) is 82.0 Å². The molecule has 10 heteroatoms. The average molecular weight is 539 g/mol. The summed E-state index contributed by atoms with van der Waals surface area (Å²) in [6.45, 7) is 6.45. The quantitative estimate of drug-likeness (QED) is 0.426. The van der Waals surface area contributed by atoms with E-state index in [0.717, 1.165) is 6.07 Å². The minimum absolute atomic E-state index is 0.0119. The van der Waals surface area contributed by atoms with Gasteiger partial charge < -0.3 is 15.3 Å². The summed E-state index contributed by atoms with van der Waals surface area (Å²) < 4.78 is 28.8. The first-order chi connectivity index (χ1) is 18.3. The molecule has 4 rings (SSSR count). The van der Waals surface area contributed by atoms with Gasteiger partial charge in [0.2, 0.25) is 5.91 Å². The molecule has 1 aromatic heterocycles. The molecule has 8 nitrogen and oxygen atoms in total. The molecule has 3 N–H and O–H groups in total. The molecular formula is C29H32F2N4O4. The van der Waals surface area contributed by atoms with Crippen molar-refractivity contribution in [3.8, 4) is 0 Å². The van der Waals surface area contributed by atoms with Crippen molar-refractivity contribution < 1.29 is 23.5 Å². The summed E-state index contributed by atoms with van der Waals surface area (Å²) in [5.74, 6) is -2.18. The number of aromatic nitrogens is 2. The van der Waals surface area contributed by atoms with E-state index >= 15 is 0 Å². The van der Waals surface area contributed by atoms with Crippen LogP contribution in [0.3, 0.4) is 0 Å². The number of aryl methyl sites for hydroxylation is 1. The van der Waals surface area contributed by atoms with E-state index in [0.29, 0.717) is 29.7 Å². The number of aliphatic hydroxyl groups is 1. The zero-order valence-electron chi connectivity index (χ0n) is 22.3. The number of halogens is 2. The Morgan fingerprint density at radius 3 is 2.56 bits per heavy atom. The van der Waals surface area contributed by atoms with Crippen molar-refractivity contribution in [2.75, 3.05) is 0 Å². The highest BCUT2D eigenvalue weighted by molar-refractivity contribution is 5.97. The molecule has 0 saturated carbocycles. The van der Waals surface area contributed by atoms with E-state index in [9.17, 15) is 28.3 Å². The van der Waals surface area contributed by atoms with Crippen LogP contribution in [0.5, 0.6) is 0 Å². The van der Waals surface area contributed by atoms with Gasteiger partial charge in [-0.3, -0.25) is 14.4 Å². The molecule has 1 aliphatic rings. The Balaban J connectivity index is 1.51. The fourth-order valence-electron chi connectivity index (χ4n) is 5.15. The lowest BCUT2D eigenvalue weighted by Gasteiger charge is -2.38. The number of nitrogens with zero attached hydrogens (tertiary/aromatic N) is 2. The second-order valence-electron chi connectivity index (χ2n) is 10.6. The minimum Gasteiger partial charge on any atom is -0.388 e. The van der Waals surface area contributed by atoms with Gasteiger partial charge in [-0.25, -0.2) is 13.9 Å². The topological polar surface area (TPSA) is 115 Å². The smallest absolute Gasteiger partial charge is 0.267 e. The Bertz CT molecular complexity index is 1450. The highest BCUT2D eigenvalue weighted by Crippen LogP contribution is 2.40. The van der Waals surface area contributed by atoms with Gasteiger partial charge in [-0.1, -0.05) is 18.2 Å². The van der Waals surface area contributed by atoms with E-state index < -0.39 is 52.7 Å². The Hall–Kier alpha value is -3.92. The molecule has 1 unspecified atom stereocenters. The van der Waals surface area contributed by atoms with Crippen LogP contribution in [0.1, 0.15) is 72.4 Å². The first-order valence-electron chi connectivity index (χ1n) is 12.8. The van der Waals surface area contributed by atoms with Crippen LogP contribution in [-0.4, -0.2) is 49.7 Å². The normalized spacial score (nSPS) is 18.2. The van der Waals surface area contributed by atoms with Crippen LogP contribution >= 0.6 is 0 Å². The molecule has 0 radical (unpaired) electrons. The monoisotopic (exact) mass is 538 g/mol. The highest BCUT2D eigenvalue weighted by atomic mass is 19.1. The third kappa shape index (κ3) is 6.22. The summed E-state index contributed by atoms with van der Waals surface area (Å²) in [6.07, 6.45) is 1.05. The minimum atomic E-state index is -1.23. The molecule has 0 bridgehead atoms. The number of aromatic amines is 1. The Labute approximate surface area is 225 Å². The Morgan fingerprint density at radius 2 is 1.90 bits per heavy atom. The van der Waals surface area contributed by atoms with Crippen LogP contribution in [0.25, 0.3) is 0 Å². The van der Waals surface area contributed by atoms with Crippen molar-refractivity contribution in [3.05, 3.63) is 98.5 Å². The summed E-state index contributed by atoms with van der Waals surface area (Å²) in [5.41, 5.74) is 0.135. The van der Waals surface area contributed by atoms with E-state index in [4.69, 9.17) is 0 Å². The van der Waals surface area contributed by atoms with E-state index in [1.807, 2.05) is 0 Å². The number of carbonyl (C=O) groups is 2. The standard InChI is InChI=1S/C29H32F2N4O4/c1-16-12-21(27(37)34-33-16)13-18-8-9-20(15-23(18)31)26(36)32-17(2)28(38)35-24(10-11-25(35)29(3,4)39)19-6-5-7-22(30)14-19/h5-9,12,14-15,17,24-25,39H,10-11,13H2,1-4H3,(H,32,36)(H,34,37)/t17-,24+,25?/m1/s1. The van der Waals surface area contributed by atoms with Gasteiger partial charge in [0, 0.05) is 17.5 Å². The number of likely N-dealkylation sites (tertiary alicyclic amines) is 1. The number of hydrogen-bond acceptors (Lipinski definition) is 5. The number of benzene rings is 2. The number of hydrogen-bond donors (Lipinski definition) is 3. The maximum Gasteiger partial charge on any atom is 0.267 e. The Morgan fingerprint density at radius 1 is 1.15 bits per heavy atom. The van der Waals surface area contributed by atoms with Crippen molar-refractivity contribution in [3.63, 3.8) is 0 Å². The van der Waals surface area contributed by atoms with Gasteiger partial charge in [-0.15, -0.1) is 0 Å². The predicted molar refractivity (Wildman–Crippen MR) is 141 cm³/mol. The molecule has 2 heterocycles. The van der Waals surface area contributed by atoms with E-state index in [2.05, 4.69) is 15.5 Å². The lowest BCUT2D eigenvalue weighted by Crippen LogP contribution is -2.54. The van der Waals surface area contributed by atoms with Gasteiger partial charge >= 0.3 is 0 Å². The molecule has 2 aromatic carbocycles. The van der Waals surface area contributed by atoms with E-state index in [1.54, 1.807) is 39.0 Å². The molecule has 1 saturated heterocycles. The van der Waals surface area contributed by atoms with Crippen molar-refractivity contribution in [2.24, 2.45) is 0 Å². The zero-order chi connectivity index (χ0) is 28.5. The second kappa shape index (κ2) is 11.1. The fraction of sp³-hybridized carbons (Fsp3) is 0.379. The van der Waals surface area contributed by atoms with E-state index in [1.165, 1.54) is 36.1 Å². The summed E-state index contributed by atoms with van der Waals surface area (Å²) in [5, 5.41) is 19.6. The fourth-order valence-corrected chi connectivity index (χ4v) is 5.15. The summed E-state index contributed by atoms with van der Waals surface area (Å²) >= 11 is 0. The van der Waals surface area contributed by atoms with Crippen molar-refractivity contribution in [2.45, 2.75) is 70.7 Å². The zero-order valence-corrected chi connectivity index (χ0v) is 22.3. The van der Waals surface area contributed by atoms with Crippen LogP contribution in [0, 0.1) is 18.6 Å². The van der Waals surface area contributed by atoms with Crippen LogP contribution in [0.4, 0.5) is 8.78 Å². The molecule has 3 aromatic rings. The van der Waals surface area contributed by atoms with Crippen LogP contribution in [-0.2, 0) is 11.2 Å². The molecule has 2 amide bonds. The second-order valence-corrected chi connectivity index (χ2v) is 10.6. The van der Waals surface area contributed by atoms with Gasteiger partial charge in [0.05, 0.1) is 23.4 Å². The van der Waals surface area contributed by atoms with Crippen LogP contribution in [0.2, 0.25) is 0 Å². The van der Waals surface area contributed by atoms with Gasteiger partial charge in [0.15, 0.2) is 0 Å². The van der Waals surface area contributed by atoms with Gasteiger partial charge in [0.25, 0.3) is 11.5 Å². The predicted octanol–water partition coefficient (Wildman–Crippen LogP) is 3.57. The maximum atomic E-state index is 14.9. The lowest BCUT2D eigenvalue weighted by atomic mass is 9.96. The lowest BCUT2D eigenvalue weighted by molar-refractivity contribution is -0.141. The third-order valence-electron chi connectivity index (χ3n) is 7.11. The Kier molecular flexibility index (Phi) is 7.96. The molecule has 206 valence electrons. The molecular weight excluding hydrogens is 506 g/mol. The van der Waals surface area contributed by atoms with Crippen molar-refractivity contribution in [1.29, 1.82) is 0 Å².